The third-order valence-electron chi connectivity index (χ3n) is 4.82. The number of rotatable bonds is 7. The fourth-order valence-corrected chi connectivity index (χ4v) is 4.88. The fourth-order valence-electron chi connectivity index (χ4n) is 2.96. The molecule has 0 saturated heterocycles. The van der Waals surface area contributed by atoms with E-state index in [0.29, 0.717) is 5.92 Å². The van der Waals surface area contributed by atoms with Crippen molar-refractivity contribution in [3.05, 3.63) is 65.2 Å². The van der Waals surface area contributed by atoms with Crippen LogP contribution in [0.15, 0.2) is 52.0 Å². The molecule has 0 radical (unpaired) electrons. The van der Waals surface area contributed by atoms with Crippen molar-refractivity contribution in [3.8, 4) is 0 Å². The minimum absolute atomic E-state index is 0.0865. The first-order valence-corrected chi connectivity index (χ1v) is 11.4. The van der Waals surface area contributed by atoms with Crippen LogP contribution in [0.1, 0.15) is 70.1 Å². The van der Waals surface area contributed by atoms with E-state index in [9.17, 15) is 0 Å². The van der Waals surface area contributed by atoms with Gasteiger partial charge in [0.15, 0.2) is 0 Å². The standard InChI is InChI=1S/C13H19N.C10H12.Mo/c1-4-7-11-8-6-9-12(13(11)14)10(3)5-2;1-10(2,3)9-7-5-4-6-8-9;/h6,8-10H,4-5,7H2,1-3H3;1,4-8H,2-3H3;. The summed E-state index contributed by atoms with van der Waals surface area (Å²) in [5.41, 5.74) is 5.62. The van der Waals surface area contributed by atoms with Crippen molar-refractivity contribution in [1.82, 2.24) is 0 Å². The second kappa shape index (κ2) is 9.48. The predicted molar refractivity (Wildman–Crippen MR) is 107 cm³/mol. The Morgan fingerprint density at radius 2 is 1.76 bits per heavy atom. The van der Waals surface area contributed by atoms with E-state index in [1.807, 2.05) is 0 Å². The predicted octanol–water partition coefficient (Wildman–Crippen LogP) is 6.83. The average Bonchev–Trinajstić information content (AvgIpc) is 2.63. The summed E-state index contributed by atoms with van der Waals surface area (Å²) in [4.78, 5) is 0. The second-order valence-electron chi connectivity index (χ2n) is 7.32. The van der Waals surface area contributed by atoms with Gasteiger partial charge in [0.2, 0.25) is 0 Å². The van der Waals surface area contributed by atoms with Gasteiger partial charge in [-0.1, -0.05) is 0 Å². The normalized spacial score (nSPS) is 12.5. The molecule has 2 aromatic carbocycles. The maximum atomic E-state index is 5.18. The molecule has 0 fully saturated rings. The van der Waals surface area contributed by atoms with Gasteiger partial charge in [-0.15, -0.1) is 0 Å². The van der Waals surface area contributed by atoms with Gasteiger partial charge in [-0.2, -0.15) is 0 Å². The first-order valence-electron chi connectivity index (χ1n) is 9.38. The van der Waals surface area contributed by atoms with Crippen LogP contribution in [0.2, 0.25) is 0 Å². The monoisotopic (exact) mass is 419 g/mol. The van der Waals surface area contributed by atoms with E-state index in [1.165, 1.54) is 28.8 Å². The van der Waals surface area contributed by atoms with Crippen molar-refractivity contribution in [2.75, 3.05) is 0 Å². The van der Waals surface area contributed by atoms with Gasteiger partial charge in [0.1, 0.15) is 0 Å². The van der Waals surface area contributed by atoms with Gasteiger partial charge in [-0.25, -0.2) is 0 Å². The third-order valence-corrected chi connectivity index (χ3v) is 7.24. The van der Waals surface area contributed by atoms with E-state index in [4.69, 9.17) is 3.50 Å². The summed E-state index contributed by atoms with van der Waals surface area (Å²) in [6.07, 6.45) is 3.46. The van der Waals surface area contributed by atoms with Crippen LogP contribution in [0, 0.1) is 0 Å². The first-order chi connectivity index (χ1) is 12.0. The van der Waals surface area contributed by atoms with Crippen LogP contribution in [0.5, 0.6) is 0 Å². The van der Waals surface area contributed by atoms with Crippen molar-refractivity contribution >= 4 is 10.1 Å². The number of nitrogens with zero attached hydrogens (tertiary/aromatic N) is 1. The van der Waals surface area contributed by atoms with E-state index in [-0.39, 0.29) is 5.41 Å². The molecule has 1 unspecified atom stereocenters. The molecule has 0 amide bonds. The van der Waals surface area contributed by atoms with Crippen molar-refractivity contribution in [2.24, 2.45) is 3.50 Å². The molecule has 0 spiro atoms. The van der Waals surface area contributed by atoms with Gasteiger partial charge in [0.25, 0.3) is 0 Å². The molecule has 0 heterocycles. The zero-order chi connectivity index (χ0) is 18.3. The van der Waals surface area contributed by atoms with E-state index in [0.717, 1.165) is 12.8 Å². The maximum absolute atomic E-state index is 5.18. The SMILES string of the molecule is CCCc1cccc(C(C)CC)c1[N]=[Mo]=[CH]C(C)(C)c1ccccc1. The molecule has 2 aromatic rings. The molecular formula is C23H31MoN. The van der Waals surface area contributed by atoms with Crippen molar-refractivity contribution in [1.29, 1.82) is 0 Å². The van der Waals surface area contributed by atoms with Crippen LogP contribution in [-0.2, 0) is 29.8 Å². The zero-order valence-electron chi connectivity index (χ0n) is 16.3. The average molecular weight is 417 g/mol. The summed E-state index contributed by atoms with van der Waals surface area (Å²) in [7, 11) is 0. The van der Waals surface area contributed by atoms with Crippen LogP contribution in [0.3, 0.4) is 0 Å². The summed E-state index contributed by atoms with van der Waals surface area (Å²) >= 11 is -0.545. The van der Waals surface area contributed by atoms with Gasteiger partial charge >= 0.3 is 162 Å². The quantitative estimate of drug-likeness (QED) is 0.438. The summed E-state index contributed by atoms with van der Waals surface area (Å²) in [6.45, 7) is 11.4. The van der Waals surface area contributed by atoms with E-state index in [2.05, 4.69) is 87.6 Å². The van der Waals surface area contributed by atoms with Crippen molar-refractivity contribution in [3.63, 3.8) is 0 Å². The van der Waals surface area contributed by atoms with Gasteiger partial charge in [-0.3, -0.25) is 0 Å². The fraction of sp³-hybridized carbons (Fsp3) is 0.435. The van der Waals surface area contributed by atoms with Crippen LogP contribution in [0.4, 0.5) is 5.69 Å². The molecule has 134 valence electrons. The Labute approximate surface area is 161 Å². The Bertz CT molecular complexity index is 740. The Morgan fingerprint density at radius 1 is 1.04 bits per heavy atom. The minimum atomic E-state index is -0.545. The van der Waals surface area contributed by atoms with Crippen LogP contribution < -0.4 is 0 Å². The Hall–Kier alpha value is -1.20. The topological polar surface area (TPSA) is 12.4 Å². The number of benzene rings is 2. The third kappa shape index (κ3) is 5.38. The molecule has 0 aliphatic heterocycles. The molecule has 0 aromatic heterocycles. The molecule has 25 heavy (non-hydrogen) atoms. The molecule has 0 saturated carbocycles. The molecule has 0 N–H and O–H groups in total. The van der Waals surface area contributed by atoms with E-state index in [1.54, 1.807) is 0 Å². The molecule has 1 atom stereocenters. The molecule has 0 aliphatic carbocycles. The van der Waals surface area contributed by atoms with Gasteiger partial charge in [0.05, 0.1) is 0 Å². The van der Waals surface area contributed by atoms with Gasteiger partial charge < -0.3 is 0 Å². The van der Waals surface area contributed by atoms with E-state index >= 15 is 0 Å². The summed E-state index contributed by atoms with van der Waals surface area (Å²) in [5.74, 6) is 0.574. The summed E-state index contributed by atoms with van der Waals surface area (Å²) in [5, 5.41) is 0. The van der Waals surface area contributed by atoms with Crippen molar-refractivity contribution in [2.45, 2.75) is 65.2 Å². The molecular weight excluding hydrogens is 386 g/mol. The van der Waals surface area contributed by atoms with Crippen LogP contribution >= 0.6 is 0 Å². The van der Waals surface area contributed by atoms with Crippen LogP contribution in [-0.4, -0.2) is 4.40 Å². The van der Waals surface area contributed by atoms with Gasteiger partial charge in [0, 0.05) is 0 Å². The summed E-state index contributed by atoms with van der Waals surface area (Å²) in [6, 6.07) is 17.5. The van der Waals surface area contributed by atoms with Crippen molar-refractivity contribution < 1.29 is 17.9 Å². The van der Waals surface area contributed by atoms with Crippen LogP contribution in [0.25, 0.3) is 0 Å². The molecule has 2 rings (SSSR count). The number of hydrogen-bond acceptors (Lipinski definition) is 1. The molecule has 2 heteroatoms. The molecule has 0 bridgehead atoms. The molecule has 1 nitrogen and oxygen atoms in total. The van der Waals surface area contributed by atoms with E-state index < -0.39 is 17.9 Å². The summed E-state index contributed by atoms with van der Waals surface area (Å²) < 4.78 is 7.65. The first kappa shape index (κ1) is 20.1. The second-order valence-corrected chi connectivity index (χ2v) is 8.86. The Morgan fingerprint density at radius 3 is 2.40 bits per heavy atom. The molecule has 0 aliphatic rings. The Balaban J connectivity index is 2.42. The zero-order valence-corrected chi connectivity index (χ0v) is 18.3. The van der Waals surface area contributed by atoms with Gasteiger partial charge in [-0.05, 0) is 0 Å². The Kier molecular flexibility index (Phi) is 7.63. The number of aryl methyl sites for hydroxylation is 1. The number of hydrogen-bond donors (Lipinski definition) is 0.